The maximum absolute atomic E-state index is 11.4. The standard InChI is InChI=1S/C20H24N2O3/c1-14-11-22(13-19(25-14)20(21)23)12-15-7-9-16(10-8-15)17-5-3-4-6-18(17)24-2/h3-10,14,19H,11-13H2,1-2H3,(H2,21,23)/t14-,19+/m1/s1. The SMILES string of the molecule is COc1ccccc1-c1ccc(CN2C[C@@H](C)O[C@H](C(N)=O)C2)cc1. The second-order valence-corrected chi connectivity index (χ2v) is 6.43. The van der Waals surface area contributed by atoms with Crippen molar-refractivity contribution in [3.63, 3.8) is 0 Å². The lowest BCUT2D eigenvalue weighted by atomic mass is 10.0. The predicted octanol–water partition coefficient (Wildman–Crippen LogP) is 2.44. The summed E-state index contributed by atoms with van der Waals surface area (Å²) in [7, 11) is 1.68. The quantitative estimate of drug-likeness (QED) is 0.908. The number of carbonyl (C=O) groups is 1. The molecular formula is C20H24N2O3. The summed E-state index contributed by atoms with van der Waals surface area (Å²) in [5.41, 5.74) is 8.78. The summed E-state index contributed by atoms with van der Waals surface area (Å²) in [6.07, 6.45) is -0.532. The fourth-order valence-corrected chi connectivity index (χ4v) is 3.26. The number of morpholine rings is 1. The van der Waals surface area contributed by atoms with E-state index in [9.17, 15) is 4.79 Å². The van der Waals surface area contributed by atoms with E-state index >= 15 is 0 Å². The molecule has 3 rings (SSSR count). The van der Waals surface area contributed by atoms with Gasteiger partial charge in [0.2, 0.25) is 5.91 Å². The number of nitrogens with two attached hydrogens (primary N) is 1. The molecule has 132 valence electrons. The highest BCUT2D eigenvalue weighted by Gasteiger charge is 2.28. The number of carbonyl (C=O) groups excluding carboxylic acids is 1. The van der Waals surface area contributed by atoms with Crippen LogP contribution in [0.2, 0.25) is 0 Å². The summed E-state index contributed by atoms with van der Waals surface area (Å²) in [4.78, 5) is 13.6. The molecule has 1 saturated heterocycles. The first kappa shape index (κ1) is 17.5. The van der Waals surface area contributed by atoms with Gasteiger partial charge in [0.15, 0.2) is 0 Å². The Balaban J connectivity index is 1.71. The Morgan fingerprint density at radius 1 is 1.20 bits per heavy atom. The highest BCUT2D eigenvalue weighted by atomic mass is 16.5. The summed E-state index contributed by atoms with van der Waals surface area (Å²) in [5, 5.41) is 0. The van der Waals surface area contributed by atoms with E-state index < -0.39 is 12.0 Å². The molecule has 2 aromatic rings. The Labute approximate surface area is 148 Å². The third-order valence-electron chi connectivity index (χ3n) is 4.43. The normalized spacial score (nSPS) is 21.0. The average molecular weight is 340 g/mol. The van der Waals surface area contributed by atoms with Gasteiger partial charge in [-0.25, -0.2) is 0 Å². The van der Waals surface area contributed by atoms with Gasteiger partial charge in [0.25, 0.3) is 0 Å². The molecule has 0 saturated carbocycles. The fraction of sp³-hybridized carbons (Fsp3) is 0.350. The lowest BCUT2D eigenvalue weighted by molar-refractivity contribution is -0.142. The van der Waals surface area contributed by atoms with Crippen LogP contribution in [0, 0.1) is 0 Å². The van der Waals surface area contributed by atoms with Gasteiger partial charge in [-0.15, -0.1) is 0 Å². The van der Waals surface area contributed by atoms with E-state index in [4.69, 9.17) is 15.2 Å². The largest absolute Gasteiger partial charge is 0.496 e. The van der Waals surface area contributed by atoms with E-state index in [1.54, 1.807) is 7.11 Å². The number of ether oxygens (including phenoxy) is 2. The van der Waals surface area contributed by atoms with E-state index in [-0.39, 0.29) is 6.10 Å². The Morgan fingerprint density at radius 2 is 1.92 bits per heavy atom. The van der Waals surface area contributed by atoms with Crippen LogP contribution in [-0.2, 0) is 16.1 Å². The van der Waals surface area contributed by atoms with Crippen molar-refractivity contribution in [3.05, 3.63) is 54.1 Å². The molecule has 2 N–H and O–H groups in total. The number of hydrogen-bond donors (Lipinski definition) is 1. The van der Waals surface area contributed by atoms with Crippen LogP contribution in [0.4, 0.5) is 0 Å². The number of hydrogen-bond acceptors (Lipinski definition) is 4. The number of amides is 1. The smallest absolute Gasteiger partial charge is 0.247 e. The van der Waals surface area contributed by atoms with Crippen molar-refractivity contribution in [2.24, 2.45) is 5.73 Å². The number of rotatable bonds is 5. The van der Waals surface area contributed by atoms with Crippen molar-refractivity contribution in [2.45, 2.75) is 25.7 Å². The molecule has 0 radical (unpaired) electrons. The summed E-state index contributed by atoms with van der Waals surface area (Å²) in [6.45, 7) is 4.06. The predicted molar refractivity (Wildman–Crippen MR) is 97.2 cm³/mol. The molecule has 0 spiro atoms. The Kier molecular flexibility index (Phi) is 5.36. The van der Waals surface area contributed by atoms with E-state index in [0.29, 0.717) is 6.54 Å². The van der Waals surface area contributed by atoms with Crippen LogP contribution in [0.25, 0.3) is 11.1 Å². The van der Waals surface area contributed by atoms with Crippen LogP contribution < -0.4 is 10.5 Å². The van der Waals surface area contributed by atoms with Gasteiger partial charge in [0, 0.05) is 25.2 Å². The van der Waals surface area contributed by atoms with Crippen molar-refractivity contribution < 1.29 is 14.3 Å². The van der Waals surface area contributed by atoms with E-state index in [2.05, 4.69) is 35.2 Å². The van der Waals surface area contributed by atoms with Crippen LogP contribution in [-0.4, -0.2) is 43.2 Å². The second kappa shape index (κ2) is 7.68. The molecule has 5 nitrogen and oxygen atoms in total. The van der Waals surface area contributed by atoms with Gasteiger partial charge in [-0.1, -0.05) is 42.5 Å². The zero-order valence-corrected chi connectivity index (χ0v) is 14.6. The van der Waals surface area contributed by atoms with E-state index in [1.165, 1.54) is 5.56 Å². The van der Waals surface area contributed by atoms with Gasteiger partial charge in [0.05, 0.1) is 13.2 Å². The van der Waals surface area contributed by atoms with Crippen LogP contribution in [0.15, 0.2) is 48.5 Å². The zero-order chi connectivity index (χ0) is 17.8. The molecule has 2 atom stereocenters. The fourth-order valence-electron chi connectivity index (χ4n) is 3.26. The minimum Gasteiger partial charge on any atom is -0.496 e. The molecule has 5 heteroatoms. The number of primary amides is 1. The van der Waals surface area contributed by atoms with Gasteiger partial charge in [-0.2, -0.15) is 0 Å². The summed E-state index contributed by atoms with van der Waals surface area (Å²) in [6, 6.07) is 16.4. The zero-order valence-electron chi connectivity index (χ0n) is 14.6. The number of methoxy groups -OCH3 is 1. The molecule has 2 aromatic carbocycles. The molecule has 0 aromatic heterocycles. The van der Waals surface area contributed by atoms with E-state index in [1.807, 2.05) is 25.1 Å². The highest BCUT2D eigenvalue weighted by Crippen LogP contribution is 2.29. The summed E-state index contributed by atoms with van der Waals surface area (Å²) < 4.78 is 11.0. The van der Waals surface area contributed by atoms with Gasteiger partial charge < -0.3 is 15.2 Å². The van der Waals surface area contributed by atoms with Crippen LogP contribution >= 0.6 is 0 Å². The van der Waals surface area contributed by atoms with Crippen LogP contribution in [0.3, 0.4) is 0 Å². The minimum atomic E-state index is -0.531. The Morgan fingerprint density at radius 3 is 2.60 bits per heavy atom. The van der Waals surface area contributed by atoms with Gasteiger partial charge in [0.1, 0.15) is 11.9 Å². The van der Waals surface area contributed by atoms with Crippen molar-refractivity contribution in [3.8, 4) is 16.9 Å². The minimum absolute atomic E-state index is 0.000830. The molecule has 1 aliphatic heterocycles. The third-order valence-corrected chi connectivity index (χ3v) is 4.43. The molecule has 1 aliphatic rings. The molecule has 0 bridgehead atoms. The Hall–Kier alpha value is -2.37. The summed E-state index contributed by atoms with van der Waals surface area (Å²) in [5.74, 6) is 0.463. The van der Waals surface area contributed by atoms with Crippen molar-refractivity contribution in [1.29, 1.82) is 0 Å². The first-order chi connectivity index (χ1) is 12.1. The first-order valence-corrected chi connectivity index (χ1v) is 8.46. The van der Waals surface area contributed by atoms with Crippen LogP contribution in [0.1, 0.15) is 12.5 Å². The maximum atomic E-state index is 11.4. The Bertz CT molecular complexity index is 730. The highest BCUT2D eigenvalue weighted by molar-refractivity contribution is 5.79. The van der Waals surface area contributed by atoms with Crippen LogP contribution in [0.5, 0.6) is 5.75 Å². The summed E-state index contributed by atoms with van der Waals surface area (Å²) >= 11 is 0. The maximum Gasteiger partial charge on any atom is 0.247 e. The second-order valence-electron chi connectivity index (χ2n) is 6.43. The van der Waals surface area contributed by atoms with Crippen molar-refractivity contribution >= 4 is 5.91 Å². The van der Waals surface area contributed by atoms with E-state index in [0.717, 1.165) is 30.0 Å². The molecule has 0 aliphatic carbocycles. The molecule has 1 heterocycles. The molecule has 25 heavy (non-hydrogen) atoms. The number of nitrogens with zero attached hydrogens (tertiary/aromatic N) is 1. The lowest BCUT2D eigenvalue weighted by Crippen LogP contribution is -2.51. The molecule has 0 unspecified atom stereocenters. The lowest BCUT2D eigenvalue weighted by Gasteiger charge is -2.35. The van der Waals surface area contributed by atoms with Gasteiger partial charge in [-0.05, 0) is 24.1 Å². The number of para-hydroxylation sites is 1. The average Bonchev–Trinajstić information content (AvgIpc) is 2.62. The molecule has 1 fully saturated rings. The number of benzene rings is 2. The third kappa shape index (κ3) is 4.18. The van der Waals surface area contributed by atoms with Gasteiger partial charge >= 0.3 is 0 Å². The monoisotopic (exact) mass is 340 g/mol. The van der Waals surface area contributed by atoms with Gasteiger partial charge in [-0.3, -0.25) is 9.69 Å². The molecular weight excluding hydrogens is 316 g/mol. The van der Waals surface area contributed by atoms with Crippen molar-refractivity contribution in [1.82, 2.24) is 4.90 Å². The van der Waals surface area contributed by atoms with Crippen molar-refractivity contribution in [2.75, 3.05) is 20.2 Å². The molecule has 1 amide bonds. The first-order valence-electron chi connectivity index (χ1n) is 8.46. The topological polar surface area (TPSA) is 64.8 Å².